The van der Waals surface area contributed by atoms with Crippen LogP contribution >= 0.6 is 15.9 Å². The Bertz CT molecular complexity index is 412. The number of anilines is 1. The third-order valence-corrected chi connectivity index (χ3v) is 3.01. The van der Waals surface area contributed by atoms with Gasteiger partial charge >= 0.3 is 0 Å². The molecule has 0 unspecified atom stereocenters. The molecule has 100 valence electrons. The van der Waals surface area contributed by atoms with Crippen molar-refractivity contribution in [3.8, 4) is 0 Å². The first kappa shape index (κ1) is 14.9. The molecule has 2 N–H and O–H groups in total. The highest BCUT2D eigenvalue weighted by molar-refractivity contribution is 9.10. The molecule has 0 aliphatic carbocycles. The van der Waals surface area contributed by atoms with Crippen molar-refractivity contribution in [1.82, 2.24) is 9.88 Å². The van der Waals surface area contributed by atoms with Crippen molar-refractivity contribution in [1.29, 1.82) is 0 Å². The fourth-order valence-corrected chi connectivity index (χ4v) is 1.97. The molecule has 0 saturated carbocycles. The van der Waals surface area contributed by atoms with Crippen molar-refractivity contribution in [2.24, 2.45) is 0 Å². The SMILES string of the molecule is CCN(CCCO)C(=O)c1cc(Br)cnc1NC. The van der Waals surface area contributed by atoms with Crippen LogP contribution in [0.3, 0.4) is 0 Å². The molecule has 0 atom stereocenters. The van der Waals surface area contributed by atoms with Crippen LogP contribution in [0.5, 0.6) is 0 Å². The van der Waals surface area contributed by atoms with Gasteiger partial charge in [-0.05, 0) is 35.3 Å². The minimum atomic E-state index is -0.0795. The predicted molar refractivity (Wildman–Crippen MR) is 74.8 cm³/mol. The number of aromatic nitrogens is 1. The lowest BCUT2D eigenvalue weighted by atomic mass is 10.2. The summed E-state index contributed by atoms with van der Waals surface area (Å²) in [5, 5.41) is 11.7. The van der Waals surface area contributed by atoms with Gasteiger partial charge in [-0.2, -0.15) is 0 Å². The zero-order valence-electron chi connectivity index (χ0n) is 10.6. The minimum Gasteiger partial charge on any atom is -0.396 e. The van der Waals surface area contributed by atoms with E-state index < -0.39 is 0 Å². The van der Waals surface area contributed by atoms with Crippen LogP contribution in [0.4, 0.5) is 5.82 Å². The highest BCUT2D eigenvalue weighted by Crippen LogP contribution is 2.19. The number of aliphatic hydroxyl groups excluding tert-OH is 1. The van der Waals surface area contributed by atoms with E-state index in [9.17, 15) is 4.79 Å². The number of hydrogen-bond acceptors (Lipinski definition) is 4. The average molecular weight is 316 g/mol. The van der Waals surface area contributed by atoms with E-state index in [1.54, 1.807) is 24.2 Å². The number of carbonyl (C=O) groups is 1. The number of nitrogens with zero attached hydrogens (tertiary/aromatic N) is 2. The Labute approximate surface area is 115 Å². The van der Waals surface area contributed by atoms with E-state index in [1.807, 2.05) is 6.92 Å². The molecule has 0 spiro atoms. The molecule has 0 bridgehead atoms. The lowest BCUT2D eigenvalue weighted by Gasteiger charge is -2.21. The summed E-state index contributed by atoms with van der Waals surface area (Å²) in [5.74, 6) is 0.481. The monoisotopic (exact) mass is 315 g/mol. The molecule has 0 fully saturated rings. The number of amides is 1. The van der Waals surface area contributed by atoms with E-state index in [4.69, 9.17) is 5.11 Å². The van der Waals surface area contributed by atoms with E-state index in [2.05, 4.69) is 26.2 Å². The normalized spacial score (nSPS) is 10.2. The maximum Gasteiger partial charge on any atom is 0.257 e. The van der Waals surface area contributed by atoms with Gasteiger partial charge in [0.2, 0.25) is 0 Å². The predicted octanol–water partition coefficient (Wildman–Crippen LogP) is 1.73. The summed E-state index contributed by atoms with van der Waals surface area (Å²) in [6.45, 7) is 3.15. The molecule has 1 aromatic heterocycles. The second-order valence-corrected chi connectivity index (χ2v) is 4.68. The van der Waals surface area contributed by atoms with Gasteiger partial charge in [0.05, 0.1) is 5.56 Å². The van der Waals surface area contributed by atoms with Crippen LogP contribution in [0.15, 0.2) is 16.7 Å². The van der Waals surface area contributed by atoms with Gasteiger partial charge < -0.3 is 15.3 Å². The Kier molecular flexibility index (Phi) is 6.07. The second kappa shape index (κ2) is 7.33. The van der Waals surface area contributed by atoms with Crippen molar-refractivity contribution in [2.75, 3.05) is 32.1 Å². The number of hydrogen-bond donors (Lipinski definition) is 2. The summed E-state index contributed by atoms with van der Waals surface area (Å²) in [4.78, 5) is 18.2. The molecule has 0 aliphatic heterocycles. The Balaban J connectivity index is 2.96. The summed E-state index contributed by atoms with van der Waals surface area (Å²) in [5.41, 5.74) is 0.534. The maximum absolute atomic E-state index is 12.4. The molecule has 1 heterocycles. The zero-order valence-corrected chi connectivity index (χ0v) is 12.2. The Morgan fingerprint density at radius 2 is 2.33 bits per heavy atom. The van der Waals surface area contributed by atoms with E-state index in [-0.39, 0.29) is 12.5 Å². The summed E-state index contributed by atoms with van der Waals surface area (Å²) in [7, 11) is 1.73. The smallest absolute Gasteiger partial charge is 0.257 e. The van der Waals surface area contributed by atoms with Gasteiger partial charge in [-0.25, -0.2) is 4.98 Å². The van der Waals surface area contributed by atoms with Crippen molar-refractivity contribution >= 4 is 27.7 Å². The molecular weight excluding hydrogens is 298 g/mol. The third kappa shape index (κ3) is 3.68. The molecule has 0 aliphatic rings. The lowest BCUT2D eigenvalue weighted by molar-refractivity contribution is 0.0755. The first-order valence-electron chi connectivity index (χ1n) is 5.87. The summed E-state index contributed by atoms with van der Waals surface area (Å²) in [6, 6.07) is 1.75. The van der Waals surface area contributed by atoms with E-state index in [0.717, 1.165) is 4.47 Å². The van der Waals surface area contributed by atoms with Crippen LogP contribution in [0.2, 0.25) is 0 Å². The number of pyridine rings is 1. The highest BCUT2D eigenvalue weighted by Gasteiger charge is 2.18. The van der Waals surface area contributed by atoms with Gasteiger partial charge in [-0.3, -0.25) is 4.79 Å². The second-order valence-electron chi connectivity index (χ2n) is 3.76. The van der Waals surface area contributed by atoms with Gasteiger partial charge in [0.1, 0.15) is 5.82 Å². The molecule has 5 nitrogen and oxygen atoms in total. The van der Waals surface area contributed by atoms with Crippen LogP contribution in [-0.4, -0.2) is 47.6 Å². The van der Waals surface area contributed by atoms with E-state index >= 15 is 0 Å². The first-order chi connectivity index (χ1) is 8.63. The standard InChI is InChI=1S/C12H18BrN3O2/c1-3-16(5-4-6-17)12(18)10-7-9(13)8-15-11(10)14-2/h7-8,17H,3-6H2,1-2H3,(H,14,15). The molecule has 18 heavy (non-hydrogen) atoms. The molecule has 1 rings (SSSR count). The van der Waals surface area contributed by atoms with Gasteiger partial charge in [-0.1, -0.05) is 0 Å². The van der Waals surface area contributed by atoms with Crippen molar-refractivity contribution in [3.05, 3.63) is 22.3 Å². The lowest BCUT2D eigenvalue weighted by Crippen LogP contribution is -2.32. The fourth-order valence-electron chi connectivity index (χ4n) is 1.64. The number of halogens is 1. The number of aliphatic hydroxyl groups is 1. The Morgan fingerprint density at radius 3 is 2.89 bits per heavy atom. The molecule has 1 amide bonds. The molecule has 0 aromatic carbocycles. The summed E-state index contributed by atoms with van der Waals surface area (Å²) < 4.78 is 0.767. The average Bonchev–Trinajstić information content (AvgIpc) is 2.39. The van der Waals surface area contributed by atoms with Crippen LogP contribution < -0.4 is 5.32 Å². The highest BCUT2D eigenvalue weighted by atomic mass is 79.9. The van der Waals surface area contributed by atoms with Crippen molar-refractivity contribution in [2.45, 2.75) is 13.3 Å². The van der Waals surface area contributed by atoms with E-state index in [0.29, 0.717) is 30.9 Å². The first-order valence-corrected chi connectivity index (χ1v) is 6.66. The minimum absolute atomic E-state index is 0.0795. The maximum atomic E-state index is 12.4. The summed E-state index contributed by atoms with van der Waals surface area (Å²) in [6.07, 6.45) is 2.22. The van der Waals surface area contributed by atoms with Crippen LogP contribution in [0.25, 0.3) is 0 Å². The molecular formula is C12H18BrN3O2. The quantitative estimate of drug-likeness (QED) is 0.839. The molecule has 0 radical (unpaired) electrons. The van der Waals surface area contributed by atoms with Crippen molar-refractivity contribution < 1.29 is 9.90 Å². The fraction of sp³-hybridized carbons (Fsp3) is 0.500. The van der Waals surface area contributed by atoms with Crippen LogP contribution in [0, 0.1) is 0 Å². The topological polar surface area (TPSA) is 65.5 Å². The Hall–Kier alpha value is -1.14. The largest absolute Gasteiger partial charge is 0.396 e. The number of nitrogens with one attached hydrogen (secondary N) is 1. The van der Waals surface area contributed by atoms with Crippen LogP contribution in [-0.2, 0) is 0 Å². The molecule has 1 aromatic rings. The summed E-state index contributed by atoms with van der Waals surface area (Å²) >= 11 is 3.32. The van der Waals surface area contributed by atoms with Crippen LogP contribution in [0.1, 0.15) is 23.7 Å². The zero-order chi connectivity index (χ0) is 13.5. The Morgan fingerprint density at radius 1 is 1.61 bits per heavy atom. The third-order valence-electron chi connectivity index (χ3n) is 2.58. The van der Waals surface area contributed by atoms with E-state index in [1.165, 1.54) is 0 Å². The molecule has 6 heteroatoms. The van der Waals surface area contributed by atoms with Gasteiger partial charge in [0, 0.05) is 37.4 Å². The number of carbonyl (C=O) groups excluding carboxylic acids is 1. The number of rotatable bonds is 6. The van der Waals surface area contributed by atoms with Gasteiger partial charge in [0.15, 0.2) is 0 Å². The van der Waals surface area contributed by atoms with Crippen molar-refractivity contribution in [3.63, 3.8) is 0 Å². The van der Waals surface area contributed by atoms with Gasteiger partial charge in [-0.15, -0.1) is 0 Å². The molecule has 0 saturated heterocycles. The van der Waals surface area contributed by atoms with Gasteiger partial charge in [0.25, 0.3) is 5.91 Å².